The SMILES string of the molecule is Nc1ccccc1NC(=O)CCCCC(=O)NCc1ccccc1-c1ccc([C@@H]2O[C@H](CSc3nc4ccccc4s3)C[C@H](c3ccc(CO)cc3)O2)cc1. The molecule has 9 nitrogen and oxygen atoms in total. The van der Waals surface area contributed by atoms with Crippen molar-refractivity contribution in [1.29, 1.82) is 0 Å². The molecule has 0 saturated carbocycles. The maximum atomic E-state index is 12.7. The molecule has 1 aliphatic rings. The topological polar surface area (TPSA) is 136 Å². The second-order valence-corrected chi connectivity index (χ2v) is 15.8. The van der Waals surface area contributed by atoms with Crippen molar-refractivity contribution in [3.05, 3.63) is 144 Å². The molecule has 1 aromatic heterocycles. The maximum absolute atomic E-state index is 12.7. The zero-order chi connectivity index (χ0) is 38.0. The van der Waals surface area contributed by atoms with E-state index in [-0.39, 0.29) is 30.6 Å². The van der Waals surface area contributed by atoms with Crippen LogP contribution in [0.1, 0.15) is 66.8 Å². The summed E-state index contributed by atoms with van der Waals surface area (Å²) in [6.07, 6.45) is 1.74. The normalized spacial score (nSPS) is 16.9. The number of aliphatic hydroxyl groups excluding tert-OH is 1. The molecule has 0 spiro atoms. The van der Waals surface area contributed by atoms with E-state index >= 15 is 0 Å². The first-order valence-electron chi connectivity index (χ1n) is 18.5. The van der Waals surface area contributed by atoms with Crippen LogP contribution in [0.2, 0.25) is 0 Å². The second-order valence-electron chi connectivity index (χ2n) is 13.5. The Kier molecular flexibility index (Phi) is 12.9. The molecule has 282 valence electrons. The number of nitrogens with zero attached hydrogens (tertiary/aromatic N) is 1. The number of nitrogens with one attached hydrogen (secondary N) is 2. The zero-order valence-electron chi connectivity index (χ0n) is 30.4. The fourth-order valence-electron chi connectivity index (χ4n) is 6.55. The summed E-state index contributed by atoms with van der Waals surface area (Å²) in [5.74, 6) is 0.565. The van der Waals surface area contributed by atoms with Gasteiger partial charge >= 0.3 is 0 Å². The van der Waals surface area contributed by atoms with Gasteiger partial charge in [0.2, 0.25) is 11.8 Å². The van der Waals surface area contributed by atoms with Crippen LogP contribution in [0, 0.1) is 0 Å². The molecule has 7 rings (SSSR count). The van der Waals surface area contributed by atoms with Gasteiger partial charge in [0.25, 0.3) is 0 Å². The van der Waals surface area contributed by atoms with Crippen molar-refractivity contribution in [2.24, 2.45) is 0 Å². The first kappa shape index (κ1) is 38.2. The van der Waals surface area contributed by atoms with Crippen LogP contribution in [0.3, 0.4) is 0 Å². The summed E-state index contributed by atoms with van der Waals surface area (Å²) in [5.41, 5.74) is 13.9. The van der Waals surface area contributed by atoms with E-state index < -0.39 is 6.29 Å². The number of ether oxygens (including phenoxy) is 2. The number of nitrogens with two attached hydrogens (primary N) is 1. The Morgan fingerprint density at radius 1 is 0.818 bits per heavy atom. The van der Waals surface area contributed by atoms with Crippen molar-refractivity contribution < 1.29 is 24.2 Å². The summed E-state index contributed by atoms with van der Waals surface area (Å²) >= 11 is 3.41. The molecule has 1 aliphatic heterocycles. The van der Waals surface area contributed by atoms with Gasteiger partial charge in [-0.3, -0.25) is 9.59 Å². The van der Waals surface area contributed by atoms with Crippen molar-refractivity contribution >= 4 is 56.5 Å². The molecule has 0 radical (unpaired) electrons. The van der Waals surface area contributed by atoms with Crippen LogP contribution in [0.25, 0.3) is 21.3 Å². The Hall–Kier alpha value is -5.04. The third-order valence-electron chi connectivity index (χ3n) is 9.56. The van der Waals surface area contributed by atoms with Gasteiger partial charge in [-0.05, 0) is 64.9 Å². The predicted octanol–water partition coefficient (Wildman–Crippen LogP) is 9.19. The minimum absolute atomic E-state index is 0.00515. The van der Waals surface area contributed by atoms with Gasteiger partial charge in [0.05, 0.1) is 40.4 Å². The number of amides is 2. The highest BCUT2D eigenvalue weighted by Crippen LogP contribution is 2.41. The van der Waals surface area contributed by atoms with Gasteiger partial charge in [-0.25, -0.2) is 4.98 Å². The van der Waals surface area contributed by atoms with Crippen LogP contribution >= 0.6 is 23.1 Å². The molecule has 55 heavy (non-hydrogen) atoms. The van der Waals surface area contributed by atoms with Gasteiger partial charge in [-0.15, -0.1) is 11.3 Å². The fourth-order valence-corrected chi connectivity index (χ4v) is 8.66. The standard InChI is InChI=1S/C44H44N4O5S2/c45-36-11-3-4-12-37(36)47-42(51)16-8-7-15-41(50)46-26-33-9-1-2-10-35(33)30-21-23-32(24-22-30)43-52-34(25-39(53-43)31-19-17-29(27-49)18-20-31)28-54-44-48-38-13-5-6-14-40(38)55-44/h1-6,9-14,17-24,34,39,43,49H,7-8,15-16,25-28,45H2,(H,46,50)(H,47,51)/t34-,39+,43+/m0/s1. The van der Waals surface area contributed by atoms with Crippen molar-refractivity contribution in [1.82, 2.24) is 10.3 Å². The van der Waals surface area contributed by atoms with Crippen molar-refractivity contribution in [3.63, 3.8) is 0 Å². The predicted molar refractivity (Wildman–Crippen MR) is 220 cm³/mol. The van der Waals surface area contributed by atoms with E-state index in [9.17, 15) is 14.7 Å². The molecule has 3 atom stereocenters. The van der Waals surface area contributed by atoms with Crippen LogP contribution in [0.15, 0.2) is 126 Å². The minimum Gasteiger partial charge on any atom is -0.397 e. The lowest BCUT2D eigenvalue weighted by atomic mass is 9.97. The first-order chi connectivity index (χ1) is 26.9. The number of fused-ring (bicyclic) bond motifs is 1. The number of aromatic nitrogens is 1. The number of carbonyl (C=O) groups excluding carboxylic acids is 2. The highest BCUT2D eigenvalue weighted by molar-refractivity contribution is 8.01. The number of unbranched alkanes of at least 4 members (excludes halogenated alkanes) is 1. The Labute approximate surface area is 329 Å². The smallest absolute Gasteiger partial charge is 0.224 e. The molecule has 5 N–H and O–H groups in total. The third-order valence-corrected chi connectivity index (χ3v) is 11.9. The number of thiazole rings is 1. The molecule has 0 unspecified atom stereocenters. The molecular formula is C44H44N4O5S2. The highest BCUT2D eigenvalue weighted by Gasteiger charge is 2.32. The lowest BCUT2D eigenvalue weighted by molar-refractivity contribution is -0.245. The zero-order valence-corrected chi connectivity index (χ0v) is 32.0. The molecule has 0 aliphatic carbocycles. The maximum Gasteiger partial charge on any atom is 0.224 e. The molecule has 0 bridgehead atoms. The van der Waals surface area contributed by atoms with E-state index in [0.29, 0.717) is 50.0 Å². The number of nitrogen functional groups attached to an aromatic ring is 1. The van der Waals surface area contributed by atoms with Crippen LogP contribution in [0.4, 0.5) is 11.4 Å². The average Bonchev–Trinajstić information content (AvgIpc) is 3.65. The molecule has 1 saturated heterocycles. The highest BCUT2D eigenvalue weighted by atomic mass is 32.2. The number of hydrogen-bond acceptors (Lipinski definition) is 9. The average molecular weight is 773 g/mol. The minimum atomic E-state index is -0.566. The van der Waals surface area contributed by atoms with E-state index in [4.69, 9.17) is 20.2 Å². The number of carbonyl (C=O) groups is 2. The molecule has 11 heteroatoms. The number of benzene rings is 5. The van der Waals surface area contributed by atoms with E-state index in [1.807, 2.05) is 84.9 Å². The van der Waals surface area contributed by atoms with Crippen molar-refractivity contribution in [2.45, 2.75) is 68.1 Å². The monoisotopic (exact) mass is 772 g/mol. The largest absolute Gasteiger partial charge is 0.397 e. The fraction of sp³-hybridized carbons (Fsp3) is 0.250. The van der Waals surface area contributed by atoms with Gasteiger partial charge < -0.3 is 30.9 Å². The Bertz CT molecular complexity index is 2180. The summed E-state index contributed by atoms with van der Waals surface area (Å²) < 4.78 is 15.4. The molecule has 2 heterocycles. The second kappa shape index (κ2) is 18.5. The first-order valence-corrected chi connectivity index (χ1v) is 20.3. The van der Waals surface area contributed by atoms with Crippen LogP contribution in [0.5, 0.6) is 0 Å². The summed E-state index contributed by atoms with van der Waals surface area (Å²) in [4.78, 5) is 29.9. The Balaban J connectivity index is 0.960. The van der Waals surface area contributed by atoms with Gasteiger partial charge in [0, 0.05) is 37.1 Å². The Morgan fingerprint density at radius 3 is 2.31 bits per heavy atom. The van der Waals surface area contributed by atoms with Crippen LogP contribution in [-0.2, 0) is 32.2 Å². The van der Waals surface area contributed by atoms with E-state index in [0.717, 1.165) is 49.0 Å². The molecular weight excluding hydrogens is 729 g/mol. The summed E-state index contributed by atoms with van der Waals surface area (Å²) in [6, 6.07) is 39.6. The molecule has 5 aromatic carbocycles. The van der Waals surface area contributed by atoms with E-state index in [1.165, 1.54) is 4.70 Å². The number of hydrogen-bond donors (Lipinski definition) is 4. The summed E-state index contributed by atoms with van der Waals surface area (Å²) in [6.45, 7) is 0.388. The summed E-state index contributed by atoms with van der Waals surface area (Å²) in [7, 11) is 0. The third kappa shape index (κ3) is 10.2. The van der Waals surface area contributed by atoms with Crippen molar-refractivity contribution in [3.8, 4) is 11.1 Å². The van der Waals surface area contributed by atoms with Gasteiger partial charge in [-0.1, -0.05) is 109 Å². The van der Waals surface area contributed by atoms with Gasteiger partial charge in [-0.2, -0.15) is 0 Å². The van der Waals surface area contributed by atoms with E-state index in [2.05, 4.69) is 34.9 Å². The van der Waals surface area contributed by atoms with Crippen LogP contribution in [-0.4, -0.2) is 33.8 Å². The lowest BCUT2D eigenvalue weighted by Gasteiger charge is -2.36. The van der Waals surface area contributed by atoms with Gasteiger partial charge in [0.1, 0.15) is 0 Å². The quantitative estimate of drug-likeness (QED) is 0.0461. The number of thioether (sulfide) groups is 1. The molecule has 6 aromatic rings. The van der Waals surface area contributed by atoms with Gasteiger partial charge in [0.15, 0.2) is 10.6 Å². The number of anilines is 2. The number of rotatable bonds is 15. The summed E-state index contributed by atoms with van der Waals surface area (Å²) in [5, 5.41) is 15.5. The van der Waals surface area contributed by atoms with E-state index in [1.54, 1.807) is 35.2 Å². The van der Waals surface area contributed by atoms with Crippen LogP contribution < -0.4 is 16.4 Å². The van der Waals surface area contributed by atoms with Crippen molar-refractivity contribution in [2.75, 3.05) is 16.8 Å². The number of aliphatic hydroxyl groups is 1. The molecule has 1 fully saturated rings. The lowest BCUT2D eigenvalue weighted by Crippen LogP contribution is -2.31. The number of para-hydroxylation sites is 3. The Morgan fingerprint density at radius 2 is 1.53 bits per heavy atom. The molecule has 2 amide bonds.